The van der Waals surface area contributed by atoms with Gasteiger partial charge in [0.05, 0.1) is 0 Å². The quantitative estimate of drug-likeness (QED) is 0.430. The van der Waals surface area contributed by atoms with Gasteiger partial charge in [-0.15, -0.1) is 0 Å². The molecule has 0 aromatic carbocycles. The Morgan fingerprint density at radius 3 is 2.38 bits per heavy atom. The first-order chi connectivity index (χ1) is 7.52. The van der Waals surface area contributed by atoms with Crippen LogP contribution in [-0.4, -0.2) is 6.21 Å². The van der Waals surface area contributed by atoms with Crippen molar-refractivity contribution in [2.45, 2.75) is 47.5 Å². The van der Waals surface area contributed by atoms with Gasteiger partial charge in [-0.25, -0.2) is 0 Å². The lowest BCUT2D eigenvalue weighted by molar-refractivity contribution is 0.177. The first kappa shape index (κ1) is 15.2. The zero-order valence-corrected chi connectivity index (χ0v) is 11.5. The molecule has 0 aliphatic rings. The minimum Gasteiger partial charge on any atom is -0.270 e. The molecular formula is C15H27N. The van der Waals surface area contributed by atoms with Crippen LogP contribution >= 0.6 is 0 Å². The molecule has 0 radical (unpaired) electrons. The number of rotatable bonds is 7. The molecule has 16 heavy (non-hydrogen) atoms. The summed E-state index contributed by atoms with van der Waals surface area (Å²) in [5.41, 5.74) is 0.261. The smallest absolute Gasteiger partial charge is 0.0191 e. The Morgan fingerprint density at radius 2 is 2.00 bits per heavy atom. The largest absolute Gasteiger partial charge is 0.270 e. The van der Waals surface area contributed by atoms with E-state index < -0.39 is 0 Å². The summed E-state index contributed by atoms with van der Waals surface area (Å²) in [7, 11) is 0. The van der Waals surface area contributed by atoms with Gasteiger partial charge >= 0.3 is 0 Å². The third-order valence-corrected chi connectivity index (χ3v) is 3.74. The molecule has 0 aliphatic heterocycles. The molecule has 0 amide bonds. The Labute approximate surface area is 101 Å². The van der Waals surface area contributed by atoms with Gasteiger partial charge in [0, 0.05) is 12.4 Å². The fourth-order valence-electron chi connectivity index (χ4n) is 2.28. The van der Waals surface area contributed by atoms with Gasteiger partial charge < -0.3 is 0 Å². The van der Waals surface area contributed by atoms with Crippen LogP contribution in [-0.2, 0) is 0 Å². The van der Waals surface area contributed by atoms with E-state index in [-0.39, 0.29) is 5.41 Å². The highest BCUT2D eigenvalue weighted by Crippen LogP contribution is 2.40. The summed E-state index contributed by atoms with van der Waals surface area (Å²) in [4.78, 5) is 4.11. The van der Waals surface area contributed by atoms with E-state index in [9.17, 15) is 0 Å². The zero-order valence-electron chi connectivity index (χ0n) is 11.5. The minimum absolute atomic E-state index is 0.261. The summed E-state index contributed by atoms with van der Waals surface area (Å²) >= 11 is 0. The number of hydrogen-bond donors (Lipinski definition) is 0. The van der Waals surface area contributed by atoms with Gasteiger partial charge in [-0.1, -0.05) is 52.8 Å². The topological polar surface area (TPSA) is 12.4 Å². The molecule has 92 valence electrons. The maximum atomic E-state index is 4.11. The van der Waals surface area contributed by atoms with Crippen LogP contribution in [0.3, 0.4) is 0 Å². The second-order valence-electron chi connectivity index (χ2n) is 4.88. The molecule has 1 nitrogen and oxygen atoms in total. The normalized spacial score (nSPS) is 18.1. The molecule has 2 atom stereocenters. The first-order valence-electron chi connectivity index (χ1n) is 6.29. The maximum absolute atomic E-state index is 4.11. The van der Waals surface area contributed by atoms with E-state index in [1.54, 1.807) is 6.20 Å². The number of hydrogen-bond acceptors (Lipinski definition) is 1. The molecule has 1 heteroatoms. The van der Waals surface area contributed by atoms with Crippen LogP contribution < -0.4 is 0 Å². The van der Waals surface area contributed by atoms with Crippen molar-refractivity contribution in [1.29, 1.82) is 0 Å². The molecule has 0 heterocycles. The Bertz CT molecular complexity index is 250. The van der Waals surface area contributed by atoms with Crippen LogP contribution in [0.5, 0.6) is 0 Å². The third-order valence-electron chi connectivity index (χ3n) is 3.74. The van der Waals surface area contributed by atoms with Crippen molar-refractivity contribution in [2.24, 2.45) is 22.2 Å². The van der Waals surface area contributed by atoms with Crippen molar-refractivity contribution in [3.05, 3.63) is 24.9 Å². The highest BCUT2D eigenvalue weighted by Gasteiger charge is 2.32. The Hall–Kier alpha value is -0.850. The predicted molar refractivity (Wildman–Crippen MR) is 74.8 cm³/mol. The number of nitrogens with zero attached hydrogens (tertiary/aromatic N) is 1. The summed E-state index contributed by atoms with van der Waals surface area (Å²) in [6.07, 6.45) is 10.3. The van der Waals surface area contributed by atoms with Crippen molar-refractivity contribution in [1.82, 2.24) is 0 Å². The Morgan fingerprint density at radius 1 is 1.38 bits per heavy atom. The fourth-order valence-corrected chi connectivity index (χ4v) is 2.28. The molecular weight excluding hydrogens is 194 g/mol. The lowest BCUT2D eigenvalue weighted by Gasteiger charge is -2.38. The molecule has 0 saturated heterocycles. The van der Waals surface area contributed by atoms with Crippen LogP contribution in [0.15, 0.2) is 29.9 Å². The van der Waals surface area contributed by atoms with E-state index in [1.165, 1.54) is 6.42 Å². The van der Waals surface area contributed by atoms with Gasteiger partial charge in [0.25, 0.3) is 0 Å². The van der Waals surface area contributed by atoms with E-state index in [2.05, 4.69) is 58.3 Å². The zero-order chi connectivity index (χ0) is 12.6. The summed E-state index contributed by atoms with van der Waals surface area (Å²) in [6.45, 7) is 14.9. The summed E-state index contributed by atoms with van der Waals surface area (Å²) in [5.74, 6) is 1.29. The van der Waals surface area contributed by atoms with E-state index >= 15 is 0 Å². The Balaban J connectivity index is 4.84. The first-order valence-corrected chi connectivity index (χ1v) is 6.29. The SMILES string of the molecule is C=CN=CCC(CC)C(C)(C=CC)C(C)C. The van der Waals surface area contributed by atoms with Crippen molar-refractivity contribution in [3.63, 3.8) is 0 Å². The number of aliphatic imine (C=N–C) groups is 1. The fraction of sp³-hybridized carbons (Fsp3) is 0.667. The molecule has 0 spiro atoms. The van der Waals surface area contributed by atoms with E-state index in [0.29, 0.717) is 11.8 Å². The summed E-state index contributed by atoms with van der Waals surface area (Å²) < 4.78 is 0. The molecule has 0 aromatic rings. The predicted octanol–water partition coefficient (Wildman–Crippen LogP) is 4.86. The van der Waals surface area contributed by atoms with Crippen LogP contribution in [0.2, 0.25) is 0 Å². The van der Waals surface area contributed by atoms with Crippen LogP contribution in [0.4, 0.5) is 0 Å². The summed E-state index contributed by atoms with van der Waals surface area (Å²) in [6, 6.07) is 0. The van der Waals surface area contributed by atoms with Gasteiger partial charge in [0.15, 0.2) is 0 Å². The van der Waals surface area contributed by atoms with Gasteiger partial charge in [-0.05, 0) is 30.6 Å². The van der Waals surface area contributed by atoms with Crippen LogP contribution in [0.1, 0.15) is 47.5 Å². The van der Waals surface area contributed by atoms with Gasteiger partial charge in [-0.3, -0.25) is 4.99 Å². The second kappa shape index (κ2) is 7.43. The van der Waals surface area contributed by atoms with Crippen molar-refractivity contribution < 1.29 is 0 Å². The van der Waals surface area contributed by atoms with Gasteiger partial charge in [0.2, 0.25) is 0 Å². The van der Waals surface area contributed by atoms with Crippen LogP contribution in [0.25, 0.3) is 0 Å². The maximum Gasteiger partial charge on any atom is 0.0191 e. The number of allylic oxidation sites excluding steroid dienone is 2. The van der Waals surface area contributed by atoms with Crippen molar-refractivity contribution in [3.8, 4) is 0 Å². The van der Waals surface area contributed by atoms with E-state index in [0.717, 1.165) is 6.42 Å². The van der Waals surface area contributed by atoms with E-state index in [1.807, 2.05) is 6.21 Å². The van der Waals surface area contributed by atoms with Crippen molar-refractivity contribution in [2.75, 3.05) is 0 Å². The lowest BCUT2D eigenvalue weighted by Crippen LogP contribution is -2.31. The molecule has 0 bridgehead atoms. The summed E-state index contributed by atoms with van der Waals surface area (Å²) in [5, 5.41) is 0. The standard InChI is InChI=1S/C15H27N/c1-7-11-15(6,13(4)5)14(8-2)10-12-16-9-3/h7,9,11-14H,3,8,10H2,1-2,4-6H3. The average Bonchev–Trinajstić information content (AvgIpc) is 2.24. The highest BCUT2D eigenvalue weighted by atomic mass is 14.7. The molecule has 0 rings (SSSR count). The third kappa shape index (κ3) is 3.96. The molecule has 0 aliphatic carbocycles. The molecule has 0 N–H and O–H groups in total. The molecule has 0 fully saturated rings. The monoisotopic (exact) mass is 221 g/mol. The van der Waals surface area contributed by atoms with E-state index in [4.69, 9.17) is 0 Å². The van der Waals surface area contributed by atoms with Gasteiger partial charge in [-0.2, -0.15) is 0 Å². The molecule has 0 aromatic heterocycles. The Kier molecular flexibility index (Phi) is 7.03. The highest BCUT2D eigenvalue weighted by molar-refractivity contribution is 5.58. The lowest BCUT2D eigenvalue weighted by atomic mass is 9.67. The molecule has 0 saturated carbocycles. The van der Waals surface area contributed by atoms with Gasteiger partial charge in [0.1, 0.15) is 0 Å². The average molecular weight is 221 g/mol. The second-order valence-corrected chi connectivity index (χ2v) is 4.88. The van der Waals surface area contributed by atoms with Crippen LogP contribution in [0, 0.1) is 17.3 Å². The minimum atomic E-state index is 0.261. The van der Waals surface area contributed by atoms with Crippen molar-refractivity contribution >= 4 is 6.21 Å². The molecule has 2 unspecified atom stereocenters.